The van der Waals surface area contributed by atoms with E-state index in [1.807, 2.05) is 0 Å². The highest BCUT2D eigenvalue weighted by atomic mass is 35.5. The summed E-state index contributed by atoms with van der Waals surface area (Å²) in [6.45, 7) is 1.12. The fourth-order valence-corrected chi connectivity index (χ4v) is 3.26. The van der Waals surface area contributed by atoms with Gasteiger partial charge in [0, 0.05) is 19.1 Å². The van der Waals surface area contributed by atoms with Gasteiger partial charge >= 0.3 is 5.97 Å². The van der Waals surface area contributed by atoms with Crippen LogP contribution in [0.4, 0.5) is 10.2 Å². The van der Waals surface area contributed by atoms with Crippen molar-refractivity contribution in [2.45, 2.75) is 31.2 Å². The number of carboxylic acid groups (broad SMARTS) is 1. The molecule has 0 bridgehead atoms. The summed E-state index contributed by atoms with van der Waals surface area (Å²) in [6, 6.07) is 1.36. The highest BCUT2D eigenvalue weighted by Crippen LogP contribution is 2.42. The summed E-state index contributed by atoms with van der Waals surface area (Å²) in [6.07, 6.45) is 3.63. The second-order valence-corrected chi connectivity index (χ2v) is 6.50. The number of fused-ring (bicyclic) bond motifs is 1. The van der Waals surface area contributed by atoms with E-state index in [1.165, 1.54) is 6.07 Å². The Morgan fingerprint density at radius 2 is 2.08 bits per heavy atom. The maximum absolute atomic E-state index is 14.5. The molecule has 3 heterocycles. The zero-order valence-electron chi connectivity index (χ0n) is 13.3. The van der Waals surface area contributed by atoms with Crippen LogP contribution < -0.4 is 16.2 Å². The highest BCUT2D eigenvalue weighted by molar-refractivity contribution is 5.88. The van der Waals surface area contributed by atoms with Crippen molar-refractivity contribution in [2.24, 2.45) is 5.73 Å². The number of hydrogen-bond acceptors (Lipinski definition) is 5. The molecule has 2 aromatic heterocycles. The zero-order valence-corrected chi connectivity index (χ0v) is 14.1. The number of hydrogen-bond donors (Lipinski definition) is 2. The summed E-state index contributed by atoms with van der Waals surface area (Å²) >= 11 is 0. The van der Waals surface area contributed by atoms with E-state index in [4.69, 9.17) is 5.73 Å². The van der Waals surface area contributed by atoms with Gasteiger partial charge in [-0.15, -0.1) is 12.4 Å². The number of aromatic carboxylic acids is 1. The molecule has 2 aromatic rings. The Bertz CT molecular complexity index is 912. The molecule has 1 saturated heterocycles. The number of nitrogens with zero attached hydrogens (tertiary/aromatic N) is 3. The lowest BCUT2D eigenvalue weighted by atomic mass is 10.1. The predicted octanol–water partition coefficient (Wildman–Crippen LogP) is 1.37. The lowest BCUT2D eigenvalue weighted by molar-refractivity contribution is 0.0694. The van der Waals surface area contributed by atoms with E-state index in [0.29, 0.717) is 24.3 Å². The van der Waals surface area contributed by atoms with Crippen molar-refractivity contribution in [3.63, 3.8) is 0 Å². The summed E-state index contributed by atoms with van der Waals surface area (Å²) in [5.74, 6) is -1.62. The molecule has 1 aliphatic heterocycles. The van der Waals surface area contributed by atoms with Gasteiger partial charge in [0.05, 0.1) is 6.20 Å². The minimum absolute atomic E-state index is 0. The van der Waals surface area contributed by atoms with E-state index in [9.17, 15) is 19.1 Å². The first-order chi connectivity index (χ1) is 11.5. The summed E-state index contributed by atoms with van der Waals surface area (Å²) in [4.78, 5) is 29.8. The standard InChI is InChI=1S/C16H17FN4O3.ClH/c17-12-7-21-13(19-14(12)20-4-3-9(18)6-20)10(8-1-2-8)5-11(15(21)22)16(23)24;/h5,7-9H,1-4,6,18H2,(H,23,24);1H. The van der Waals surface area contributed by atoms with Gasteiger partial charge in [-0.2, -0.15) is 0 Å². The lowest BCUT2D eigenvalue weighted by Gasteiger charge is -2.19. The second-order valence-electron chi connectivity index (χ2n) is 6.50. The van der Waals surface area contributed by atoms with Gasteiger partial charge in [0.1, 0.15) is 11.2 Å². The number of nitrogens with two attached hydrogens (primary N) is 1. The second kappa shape index (κ2) is 6.27. The molecule has 1 saturated carbocycles. The van der Waals surface area contributed by atoms with Crippen molar-refractivity contribution in [1.82, 2.24) is 9.38 Å². The Labute approximate surface area is 148 Å². The van der Waals surface area contributed by atoms with Gasteiger partial charge in [0.25, 0.3) is 5.56 Å². The van der Waals surface area contributed by atoms with Gasteiger partial charge in [-0.1, -0.05) is 0 Å². The average molecular weight is 369 g/mol. The number of halogens is 2. The Hall–Kier alpha value is -2.19. The van der Waals surface area contributed by atoms with Crippen molar-refractivity contribution in [2.75, 3.05) is 18.0 Å². The normalized spacial score (nSPS) is 19.9. The maximum Gasteiger partial charge on any atom is 0.341 e. The van der Waals surface area contributed by atoms with Crippen LogP contribution in [0.5, 0.6) is 0 Å². The van der Waals surface area contributed by atoms with Crippen molar-refractivity contribution < 1.29 is 14.3 Å². The Kier molecular flexibility index (Phi) is 4.42. The van der Waals surface area contributed by atoms with Crippen LogP contribution >= 0.6 is 12.4 Å². The van der Waals surface area contributed by atoms with Crippen LogP contribution in [-0.4, -0.2) is 39.6 Å². The molecular weight excluding hydrogens is 351 g/mol. The van der Waals surface area contributed by atoms with Crippen LogP contribution in [0.25, 0.3) is 5.65 Å². The smallest absolute Gasteiger partial charge is 0.341 e. The van der Waals surface area contributed by atoms with E-state index in [2.05, 4.69) is 4.98 Å². The zero-order chi connectivity index (χ0) is 17.0. The Morgan fingerprint density at radius 1 is 1.36 bits per heavy atom. The largest absolute Gasteiger partial charge is 0.477 e. The van der Waals surface area contributed by atoms with Gasteiger partial charge < -0.3 is 15.7 Å². The molecule has 1 aliphatic carbocycles. The summed E-state index contributed by atoms with van der Waals surface area (Å²) in [5.41, 5.74) is 5.79. The Balaban J connectivity index is 0.00000182. The van der Waals surface area contributed by atoms with Gasteiger partial charge in [-0.3, -0.25) is 9.20 Å². The molecule has 0 radical (unpaired) electrons. The predicted molar refractivity (Wildman–Crippen MR) is 92.4 cm³/mol. The topological polar surface area (TPSA) is 101 Å². The van der Waals surface area contributed by atoms with E-state index < -0.39 is 17.3 Å². The molecule has 2 aliphatic rings. The number of aromatic nitrogens is 2. The van der Waals surface area contributed by atoms with Gasteiger partial charge in [0.15, 0.2) is 11.6 Å². The third kappa shape index (κ3) is 2.96. The minimum atomic E-state index is -1.31. The Morgan fingerprint density at radius 3 is 2.64 bits per heavy atom. The van der Waals surface area contributed by atoms with E-state index in [1.54, 1.807) is 4.90 Å². The molecule has 7 nitrogen and oxygen atoms in total. The monoisotopic (exact) mass is 368 g/mol. The molecule has 2 fully saturated rings. The fourth-order valence-electron chi connectivity index (χ4n) is 3.26. The lowest BCUT2D eigenvalue weighted by Crippen LogP contribution is -2.29. The van der Waals surface area contributed by atoms with Crippen molar-refractivity contribution in [3.05, 3.63) is 39.6 Å². The molecule has 0 spiro atoms. The van der Waals surface area contributed by atoms with Crippen LogP contribution in [0.15, 0.2) is 17.1 Å². The van der Waals surface area contributed by atoms with Crippen LogP contribution in [0.1, 0.15) is 41.1 Å². The van der Waals surface area contributed by atoms with Crippen molar-refractivity contribution in [1.29, 1.82) is 0 Å². The molecular formula is C16H18ClFN4O3. The number of pyridine rings is 1. The van der Waals surface area contributed by atoms with E-state index in [0.717, 1.165) is 29.9 Å². The quantitative estimate of drug-likeness (QED) is 0.848. The number of rotatable bonds is 3. The molecule has 4 rings (SSSR count). The van der Waals surface area contributed by atoms with Gasteiger partial charge in [-0.05, 0) is 36.8 Å². The average Bonchev–Trinajstić information content (AvgIpc) is 3.28. The number of carboxylic acids is 1. The number of carbonyl (C=O) groups is 1. The van der Waals surface area contributed by atoms with Gasteiger partial charge in [0.2, 0.25) is 0 Å². The fraction of sp³-hybridized carbons (Fsp3) is 0.438. The first-order valence-electron chi connectivity index (χ1n) is 7.95. The van der Waals surface area contributed by atoms with Crippen LogP contribution in [-0.2, 0) is 0 Å². The van der Waals surface area contributed by atoms with E-state index >= 15 is 0 Å². The number of anilines is 1. The van der Waals surface area contributed by atoms with Crippen molar-refractivity contribution in [3.8, 4) is 0 Å². The molecule has 25 heavy (non-hydrogen) atoms. The van der Waals surface area contributed by atoms with Crippen molar-refractivity contribution >= 4 is 29.8 Å². The van der Waals surface area contributed by atoms with E-state index in [-0.39, 0.29) is 35.7 Å². The molecule has 9 heteroatoms. The molecule has 3 N–H and O–H groups in total. The molecule has 1 unspecified atom stereocenters. The molecule has 1 atom stereocenters. The van der Waals surface area contributed by atoms with Crippen LogP contribution in [0.2, 0.25) is 0 Å². The first kappa shape index (κ1) is 17.6. The SMILES string of the molecule is Cl.NC1CCN(c2nc3c(C4CC4)cc(C(=O)O)c(=O)n3cc2F)C1. The van der Waals surface area contributed by atoms with Gasteiger partial charge in [-0.25, -0.2) is 14.2 Å². The molecule has 134 valence electrons. The summed E-state index contributed by atoms with van der Waals surface area (Å²) in [5, 5.41) is 9.23. The minimum Gasteiger partial charge on any atom is -0.477 e. The first-order valence-corrected chi connectivity index (χ1v) is 7.95. The maximum atomic E-state index is 14.5. The van der Waals surface area contributed by atoms with Crippen LogP contribution in [0, 0.1) is 5.82 Å². The third-order valence-electron chi connectivity index (χ3n) is 4.68. The summed E-state index contributed by atoms with van der Waals surface area (Å²) < 4.78 is 15.5. The molecule has 0 aromatic carbocycles. The summed E-state index contributed by atoms with van der Waals surface area (Å²) in [7, 11) is 0. The highest BCUT2D eigenvalue weighted by Gasteiger charge is 2.31. The van der Waals surface area contributed by atoms with Crippen LogP contribution in [0.3, 0.4) is 0 Å². The third-order valence-corrected chi connectivity index (χ3v) is 4.68. The molecule has 0 amide bonds.